The summed E-state index contributed by atoms with van der Waals surface area (Å²) in [6, 6.07) is 8.27. The Morgan fingerprint density at radius 1 is 1.23 bits per heavy atom. The molecule has 0 radical (unpaired) electrons. The molecule has 1 saturated heterocycles. The van der Waals surface area contributed by atoms with Crippen LogP contribution in [0.5, 0.6) is 0 Å². The lowest BCUT2D eigenvalue weighted by Gasteiger charge is -2.40. The van der Waals surface area contributed by atoms with Crippen LogP contribution in [0.2, 0.25) is 0 Å². The van der Waals surface area contributed by atoms with Crippen molar-refractivity contribution in [3.8, 4) is 0 Å². The molecule has 1 aromatic carbocycles. The van der Waals surface area contributed by atoms with Gasteiger partial charge in [0, 0.05) is 18.5 Å². The number of nitrogens with one attached hydrogen (secondary N) is 1. The molecule has 2 aliphatic heterocycles. The number of nitrogens with zero attached hydrogens (tertiary/aromatic N) is 2. The molecule has 0 amide bonds. The van der Waals surface area contributed by atoms with Gasteiger partial charge in [0.2, 0.25) is 6.17 Å². The number of hydrogen-bond donors (Lipinski definition) is 1. The molecular formula is C23H36N3+. The molecule has 2 aliphatic carbocycles. The van der Waals surface area contributed by atoms with Crippen LogP contribution in [0.3, 0.4) is 0 Å². The van der Waals surface area contributed by atoms with E-state index in [1.807, 2.05) is 0 Å². The molecule has 26 heavy (non-hydrogen) atoms. The van der Waals surface area contributed by atoms with Crippen LogP contribution >= 0.6 is 0 Å². The smallest absolute Gasteiger partial charge is 0.235 e. The summed E-state index contributed by atoms with van der Waals surface area (Å²) in [5, 5.41) is 6.16. The standard InChI is InChI=1S/C23H36N3/c1-4-5-13-26-21-16-18(23(2)11-6-12-23)8-9-20(21)25(26)22(26)10-7-17-14-19(15-17)24-3/h8-9,16-17,19,22,24H,4-7,10-15H2,1-3H3/q+1. The Kier molecular flexibility index (Phi) is 3.92. The van der Waals surface area contributed by atoms with Crippen molar-refractivity contribution in [1.82, 2.24) is 9.91 Å². The quantitative estimate of drug-likeness (QED) is 0.517. The number of anilines is 1. The minimum absolute atomic E-state index is 0.462. The summed E-state index contributed by atoms with van der Waals surface area (Å²) in [4.78, 5) is 0. The lowest BCUT2D eigenvalue weighted by atomic mass is 9.66. The largest absolute Gasteiger partial charge is 0.317 e. The second-order valence-electron chi connectivity index (χ2n) is 9.75. The molecule has 3 nitrogen and oxygen atoms in total. The first-order valence-corrected chi connectivity index (χ1v) is 11.1. The maximum Gasteiger partial charge on any atom is 0.235 e. The molecule has 1 N–H and O–H groups in total. The van der Waals surface area contributed by atoms with E-state index in [9.17, 15) is 0 Å². The Balaban J connectivity index is 1.31. The molecular weight excluding hydrogens is 318 g/mol. The van der Waals surface area contributed by atoms with E-state index in [2.05, 4.69) is 49.4 Å². The van der Waals surface area contributed by atoms with Crippen molar-refractivity contribution < 1.29 is 0 Å². The molecule has 0 aromatic heterocycles. The van der Waals surface area contributed by atoms with Gasteiger partial charge in [-0.15, -0.1) is 0 Å². The topological polar surface area (TPSA) is 15.0 Å². The van der Waals surface area contributed by atoms with Gasteiger partial charge in [0.25, 0.3) is 0 Å². The Hall–Kier alpha value is -1.06. The maximum absolute atomic E-state index is 3.43. The third kappa shape index (κ3) is 2.26. The van der Waals surface area contributed by atoms with Crippen LogP contribution in [-0.4, -0.2) is 25.8 Å². The van der Waals surface area contributed by atoms with Gasteiger partial charge in [0.1, 0.15) is 6.54 Å². The Morgan fingerprint density at radius 2 is 2.04 bits per heavy atom. The van der Waals surface area contributed by atoms with E-state index in [0.717, 1.165) is 18.1 Å². The highest BCUT2D eigenvalue weighted by atomic mass is 16.0. The van der Waals surface area contributed by atoms with Crippen LogP contribution in [0.4, 0.5) is 11.4 Å². The van der Waals surface area contributed by atoms with Crippen LogP contribution in [0.15, 0.2) is 18.2 Å². The molecule has 2 atom stereocenters. The second-order valence-corrected chi connectivity index (χ2v) is 9.75. The number of unbranched alkanes of at least 4 members (excludes halogenated alkanes) is 1. The van der Waals surface area contributed by atoms with Crippen molar-refractivity contribution in [2.45, 2.75) is 89.3 Å². The second kappa shape index (κ2) is 5.97. The molecule has 0 spiro atoms. The zero-order valence-electron chi connectivity index (χ0n) is 16.9. The molecule has 3 fully saturated rings. The van der Waals surface area contributed by atoms with Crippen molar-refractivity contribution in [3.05, 3.63) is 23.8 Å². The van der Waals surface area contributed by atoms with Gasteiger partial charge in [-0.25, -0.2) is 0 Å². The fourth-order valence-corrected chi connectivity index (χ4v) is 6.03. The summed E-state index contributed by atoms with van der Waals surface area (Å²) in [7, 11) is 2.11. The van der Waals surface area contributed by atoms with Crippen LogP contribution in [0.25, 0.3) is 0 Å². The zero-order chi connectivity index (χ0) is 17.9. The minimum atomic E-state index is 0.462. The van der Waals surface area contributed by atoms with Gasteiger partial charge in [-0.05, 0) is 68.5 Å². The molecule has 2 unspecified atom stereocenters. The third-order valence-corrected chi connectivity index (χ3v) is 8.23. The fraction of sp³-hybridized carbons (Fsp3) is 0.739. The van der Waals surface area contributed by atoms with Crippen molar-refractivity contribution in [1.29, 1.82) is 0 Å². The van der Waals surface area contributed by atoms with Gasteiger partial charge in [0.05, 0.1) is 0 Å². The molecule has 1 aromatic rings. The van der Waals surface area contributed by atoms with E-state index in [-0.39, 0.29) is 0 Å². The first kappa shape index (κ1) is 17.1. The summed E-state index contributed by atoms with van der Waals surface area (Å²) >= 11 is 0. The predicted molar refractivity (Wildman–Crippen MR) is 110 cm³/mol. The molecule has 2 heterocycles. The van der Waals surface area contributed by atoms with Crippen molar-refractivity contribution in [3.63, 3.8) is 0 Å². The minimum Gasteiger partial charge on any atom is -0.317 e. The highest BCUT2D eigenvalue weighted by molar-refractivity contribution is 5.88. The first-order valence-electron chi connectivity index (χ1n) is 11.1. The van der Waals surface area contributed by atoms with E-state index < -0.39 is 0 Å². The van der Waals surface area contributed by atoms with Crippen molar-refractivity contribution in [2.24, 2.45) is 5.92 Å². The predicted octanol–water partition coefficient (Wildman–Crippen LogP) is 5.09. The van der Waals surface area contributed by atoms with Gasteiger partial charge >= 0.3 is 0 Å². The van der Waals surface area contributed by atoms with E-state index >= 15 is 0 Å². The van der Waals surface area contributed by atoms with Gasteiger partial charge < -0.3 is 5.32 Å². The Morgan fingerprint density at radius 3 is 2.69 bits per heavy atom. The van der Waals surface area contributed by atoms with Crippen molar-refractivity contribution >= 4 is 11.4 Å². The molecule has 142 valence electrons. The lowest BCUT2D eigenvalue weighted by Crippen LogP contribution is -2.42. The number of fused-ring (bicyclic) bond motifs is 4. The number of rotatable bonds is 8. The number of hydrogen-bond acceptors (Lipinski definition) is 2. The number of benzene rings is 1. The molecule has 3 heteroatoms. The highest BCUT2D eigenvalue weighted by Gasteiger charge is 2.75. The third-order valence-electron chi connectivity index (χ3n) is 8.23. The molecule has 0 bridgehead atoms. The Labute approximate surface area is 159 Å². The van der Waals surface area contributed by atoms with Crippen LogP contribution in [0, 0.1) is 5.92 Å². The fourth-order valence-electron chi connectivity index (χ4n) is 6.03. The molecule has 4 aliphatic rings. The van der Waals surface area contributed by atoms with Gasteiger partial charge in [-0.2, -0.15) is 9.60 Å². The van der Waals surface area contributed by atoms with Crippen LogP contribution in [-0.2, 0) is 5.41 Å². The van der Waals surface area contributed by atoms with Crippen LogP contribution < -0.4 is 14.9 Å². The normalized spacial score (nSPS) is 35.7. The van der Waals surface area contributed by atoms with Crippen LogP contribution in [0.1, 0.15) is 77.2 Å². The monoisotopic (exact) mass is 354 g/mol. The van der Waals surface area contributed by atoms with Gasteiger partial charge in [-0.1, -0.05) is 32.8 Å². The van der Waals surface area contributed by atoms with Gasteiger partial charge in [-0.3, -0.25) is 0 Å². The van der Waals surface area contributed by atoms with E-state index in [4.69, 9.17) is 0 Å². The summed E-state index contributed by atoms with van der Waals surface area (Å²) in [6.07, 6.45) is 13.2. The average molecular weight is 355 g/mol. The van der Waals surface area contributed by atoms with Crippen molar-refractivity contribution in [2.75, 3.05) is 18.6 Å². The first-order chi connectivity index (χ1) is 12.6. The summed E-state index contributed by atoms with van der Waals surface area (Å²) < 4.78 is 1.20. The summed E-state index contributed by atoms with van der Waals surface area (Å²) in [5.74, 6) is 0.966. The lowest BCUT2D eigenvalue weighted by molar-refractivity contribution is 0.214. The number of quaternary nitrogens is 1. The maximum atomic E-state index is 3.43. The SMILES string of the molecule is CCCC[N+]12c3cc(C4(C)CCC4)ccc3N1C2CCC1CC(NC)C1. The highest BCUT2D eigenvalue weighted by Crippen LogP contribution is 2.64. The van der Waals surface area contributed by atoms with Gasteiger partial charge in [0.15, 0.2) is 11.4 Å². The van der Waals surface area contributed by atoms with E-state index in [1.54, 1.807) is 16.9 Å². The average Bonchev–Trinajstić information content (AvgIpc) is 3.15. The zero-order valence-corrected chi connectivity index (χ0v) is 16.9. The van der Waals surface area contributed by atoms with E-state index in [0.29, 0.717) is 5.41 Å². The Bertz CT molecular complexity index is 689. The summed E-state index contributed by atoms with van der Waals surface area (Å²) in [6.45, 7) is 6.12. The summed E-state index contributed by atoms with van der Waals surface area (Å²) in [5.41, 5.74) is 5.26. The molecule has 2 saturated carbocycles. The van der Waals surface area contributed by atoms with E-state index in [1.165, 1.54) is 68.9 Å². The molecule has 5 rings (SSSR count).